The second kappa shape index (κ2) is 5.75. The van der Waals surface area contributed by atoms with Crippen molar-refractivity contribution in [1.82, 2.24) is 9.97 Å². The van der Waals surface area contributed by atoms with E-state index in [1.807, 2.05) is 24.4 Å². The number of nitrogens with zero attached hydrogens (tertiary/aromatic N) is 2. The molecule has 2 rings (SSSR count). The minimum Gasteiger partial charge on any atom is -0.264 e. The zero-order valence-electron chi connectivity index (χ0n) is 8.94. The quantitative estimate of drug-likeness (QED) is 0.800. The van der Waals surface area contributed by atoms with Crippen LogP contribution in [0.1, 0.15) is 17.7 Å². The van der Waals surface area contributed by atoms with Crippen molar-refractivity contribution in [2.75, 3.05) is 0 Å². The highest BCUT2D eigenvalue weighted by Crippen LogP contribution is 2.09. The molecule has 0 saturated heterocycles. The van der Waals surface area contributed by atoms with Crippen LogP contribution in [0.5, 0.6) is 0 Å². The van der Waals surface area contributed by atoms with Gasteiger partial charge in [0.15, 0.2) is 0 Å². The molecule has 0 bridgehead atoms. The lowest BCUT2D eigenvalue weighted by Crippen LogP contribution is -1.93. The van der Waals surface area contributed by atoms with E-state index in [0.717, 1.165) is 29.6 Å². The maximum Gasteiger partial charge on any atom is 0.106 e. The van der Waals surface area contributed by atoms with Crippen LogP contribution in [-0.2, 0) is 12.8 Å². The molecule has 0 aliphatic carbocycles. The molecule has 0 fully saturated rings. The summed E-state index contributed by atoms with van der Waals surface area (Å²) in [5.41, 5.74) is 2.43. The van der Waals surface area contributed by atoms with Gasteiger partial charge in [-0.05, 0) is 59.0 Å². The summed E-state index contributed by atoms with van der Waals surface area (Å²) < 4.78 is 0.909. The number of aryl methyl sites for hydroxylation is 2. The first-order valence-corrected chi connectivity index (χ1v) is 6.14. The Morgan fingerprint density at radius 2 is 2.00 bits per heavy atom. The summed E-state index contributed by atoms with van der Waals surface area (Å²) in [4.78, 5) is 8.51. The fourth-order valence-corrected chi connectivity index (χ4v) is 1.99. The lowest BCUT2D eigenvalue weighted by atomic mass is 10.1. The first-order chi connectivity index (χ1) is 7.84. The summed E-state index contributed by atoms with van der Waals surface area (Å²) >= 11 is 3.38. The minimum atomic E-state index is 0.909. The van der Waals surface area contributed by atoms with E-state index in [-0.39, 0.29) is 0 Å². The summed E-state index contributed by atoms with van der Waals surface area (Å²) in [6, 6.07) is 10.1. The van der Waals surface area contributed by atoms with Crippen molar-refractivity contribution in [3.63, 3.8) is 0 Å². The third-order valence-electron chi connectivity index (χ3n) is 2.39. The molecule has 0 saturated carbocycles. The molecule has 0 N–H and O–H groups in total. The smallest absolute Gasteiger partial charge is 0.106 e. The minimum absolute atomic E-state index is 0.909. The molecule has 0 aliphatic rings. The molecule has 0 spiro atoms. The van der Waals surface area contributed by atoms with Gasteiger partial charge in [-0.2, -0.15) is 0 Å². The monoisotopic (exact) mass is 276 g/mol. The number of pyridine rings is 2. The van der Waals surface area contributed by atoms with Gasteiger partial charge in [-0.1, -0.05) is 12.1 Å². The number of halogens is 1. The molecule has 0 radical (unpaired) electrons. The predicted octanol–water partition coefficient (Wildman–Crippen LogP) is 3.41. The molecule has 0 aromatic carbocycles. The summed E-state index contributed by atoms with van der Waals surface area (Å²) in [5, 5.41) is 0. The normalized spacial score (nSPS) is 10.3. The first-order valence-electron chi connectivity index (χ1n) is 5.35. The second-order valence-electron chi connectivity index (χ2n) is 3.67. The maximum absolute atomic E-state index is 4.41. The summed E-state index contributed by atoms with van der Waals surface area (Å²) in [5.74, 6) is 0. The molecule has 2 aromatic heterocycles. The van der Waals surface area contributed by atoms with Crippen molar-refractivity contribution >= 4 is 15.9 Å². The van der Waals surface area contributed by atoms with Crippen LogP contribution in [-0.4, -0.2) is 9.97 Å². The Bertz CT molecular complexity index is 443. The van der Waals surface area contributed by atoms with E-state index in [1.54, 1.807) is 6.20 Å². The zero-order chi connectivity index (χ0) is 11.2. The number of rotatable bonds is 4. The summed E-state index contributed by atoms with van der Waals surface area (Å²) in [6.45, 7) is 0. The first kappa shape index (κ1) is 11.3. The van der Waals surface area contributed by atoms with Crippen LogP contribution < -0.4 is 0 Å². The van der Waals surface area contributed by atoms with Gasteiger partial charge < -0.3 is 0 Å². The molecule has 0 aliphatic heterocycles. The standard InChI is InChI=1S/C13H13BrN2/c14-13-8-2-7-12(16-13)6-1-4-11-5-3-9-15-10-11/h2-3,5,7-10H,1,4,6H2. The lowest BCUT2D eigenvalue weighted by molar-refractivity contribution is 0.794. The Balaban J connectivity index is 1.85. The van der Waals surface area contributed by atoms with E-state index < -0.39 is 0 Å². The van der Waals surface area contributed by atoms with Gasteiger partial charge in [0.2, 0.25) is 0 Å². The molecular weight excluding hydrogens is 264 g/mol. The Kier molecular flexibility index (Phi) is 4.05. The molecular formula is C13H13BrN2. The molecule has 2 heterocycles. The van der Waals surface area contributed by atoms with Crippen molar-refractivity contribution in [2.45, 2.75) is 19.3 Å². The van der Waals surface area contributed by atoms with E-state index in [9.17, 15) is 0 Å². The zero-order valence-corrected chi connectivity index (χ0v) is 10.5. The fraction of sp³-hybridized carbons (Fsp3) is 0.231. The highest BCUT2D eigenvalue weighted by atomic mass is 79.9. The Morgan fingerprint density at radius 3 is 2.75 bits per heavy atom. The summed E-state index contributed by atoms with van der Waals surface area (Å²) in [7, 11) is 0. The molecule has 0 amide bonds. The van der Waals surface area contributed by atoms with Gasteiger partial charge in [-0.15, -0.1) is 0 Å². The molecule has 16 heavy (non-hydrogen) atoms. The number of hydrogen-bond donors (Lipinski definition) is 0. The van der Waals surface area contributed by atoms with Gasteiger partial charge in [0, 0.05) is 18.1 Å². The molecule has 2 aromatic rings. The van der Waals surface area contributed by atoms with Gasteiger partial charge in [-0.25, -0.2) is 4.98 Å². The van der Waals surface area contributed by atoms with Crippen LogP contribution >= 0.6 is 15.9 Å². The van der Waals surface area contributed by atoms with Crippen LogP contribution in [0, 0.1) is 0 Å². The lowest BCUT2D eigenvalue weighted by Gasteiger charge is -2.01. The van der Waals surface area contributed by atoms with E-state index in [4.69, 9.17) is 0 Å². The molecule has 82 valence electrons. The highest BCUT2D eigenvalue weighted by Gasteiger charge is 1.97. The van der Waals surface area contributed by atoms with Gasteiger partial charge >= 0.3 is 0 Å². The van der Waals surface area contributed by atoms with E-state index >= 15 is 0 Å². The van der Waals surface area contributed by atoms with Gasteiger partial charge in [0.05, 0.1) is 0 Å². The number of hydrogen-bond acceptors (Lipinski definition) is 2. The van der Waals surface area contributed by atoms with Crippen LogP contribution in [0.25, 0.3) is 0 Å². The Hall–Kier alpha value is -1.22. The topological polar surface area (TPSA) is 25.8 Å². The second-order valence-corrected chi connectivity index (χ2v) is 4.48. The van der Waals surface area contributed by atoms with E-state index in [1.165, 1.54) is 5.56 Å². The van der Waals surface area contributed by atoms with Crippen molar-refractivity contribution < 1.29 is 0 Å². The van der Waals surface area contributed by atoms with Gasteiger partial charge in [-0.3, -0.25) is 4.98 Å². The van der Waals surface area contributed by atoms with E-state index in [2.05, 4.69) is 38.0 Å². The molecule has 0 atom stereocenters. The molecule has 2 nitrogen and oxygen atoms in total. The van der Waals surface area contributed by atoms with Gasteiger partial charge in [0.25, 0.3) is 0 Å². The Morgan fingerprint density at radius 1 is 1.06 bits per heavy atom. The van der Waals surface area contributed by atoms with Gasteiger partial charge in [0.1, 0.15) is 4.60 Å². The van der Waals surface area contributed by atoms with Crippen molar-refractivity contribution in [1.29, 1.82) is 0 Å². The average Bonchev–Trinajstić information content (AvgIpc) is 2.30. The largest absolute Gasteiger partial charge is 0.264 e. The van der Waals surface area contributed by atoms with Crippen LogP contribution in [0.2, 0.25) is 0 Å². The van der Waals surface area contributed by atoms with E-state index in [0.29, 0.717) is 0 Å². The average molecular weight is 277 g/mol. The highest BCUT2D eigenvalue weighted by molar-refractivity contribution is 9.10. The van der Waals surface area contributed by atoms with Crippen molar-refractivity contribution in [3.8, 4) is 0 Å². The van der Waals surface area contributed by atoms with Crippen LogP contribution in [0.3, 0.4) is 0 Å². The van der Waals surface area contributed by atoms with Crippen LogP contribution in [0.4, 0.5) is 0 Å². The molecule has 0 unspecified atom stereocenters. The molecule has 3 heteroatoms. The SMILES string of the molecule is Brc1cccc(CCCc2cccnc2)n1. The fourth-order valence-electron chi connectivity index (χ4n) is 1.61. The predicted molar refractivity (Wildman–Crippen MR) is 68.2 cm³/mol. The van der Waals surface area contributed by atoms with Crippen molar-refractivity contribution in [2.24, 2.45) is 0 Å². The maximum atomic E-state index is 4.41. The number of aromatic nitrogens is 2. The van der Waals surface area contributed by atoms with Crippen LogP contribution in [0.15, 0.2) is 47.3 Å². The van der Waals surface area contributed by atoms with Crippen molar-refractivity contribution in [3.05, 3.63) is 58.6 Å². The third-order valence-corrected chi connectivity index (χ3v) is 2.84. The summed E-state index contributed by atoms with van der Waals surface area (Å²) in [6.07, 6.45) is 6.90. The third kappa shape index (κ3) is 3.42. The Labute approximate surface area is 104 Å².